The molecule has 0 atom stereocenters. The summed E-state index contributed by atoms with van der Waals surface area (Å²) in [6.45, 7) is 9.29. The third-order valence-corrected chi connectivity index (χ3v) is 6.48. The van der Waals surface area contributed by atoms with Gasteiger partial charge < -0.3 is 14.6 Å². The Labute approximate surface area is 161 Å². The van der Waals surface area contributed by atoms with E-state index in [-0.39, 0.29) is 29.7 Å². The van der Waals surface area contributed by atoms with Gasteiger partial charge in [-0.05, 0) is 26.0 Å². The van der Waals surface area contributed by atoms with Gasteiger partial charge in [-0.15, -0.1) is 30.6 Å². The second kappa shape index (κ2) is 8.89. The van der Waals surface area contributed by atoms with Gasteiger partial charge in [-0.1, -0.05) is 6.08 Å². The number of halogens is 1. The fourth-order valence-corrected chi connectivity index (χ4v) is 3.85. The van der Waals surface area contributed by atoms with Crippen LogP contribution in [0.1, 0.15) is 19.6 Å². The number of hydrogen-bond acceptors (Lipinski definition) is 4. The predicted molar refractivity (Wildman–Crippen MR) is 108 cm³/mol. The molecule has 1 aromatic rings. The summed E-state index contributed by atoms with van der Waals surface area (Å²) in [6.07, 6.45) is 4.11. The van der Waals surface area contributed by atoms with Gasteiger partial charge in [-0.3, -0.25) is 4.99 Å². The Morgan fingerprint density at radius 1 is 1.54 bits per heavy atom. The Balaban J connectivity index is 0.00000288. The van der Waals surface area contributed by atoms with Crippen molar-refractivity contribution >= 4 is 39.8 Å². The number of nitrogens with one attached hydrogen (secondary N) is 1. The molecule has 1 N–H and O–H groups in total. The molecule has 0 radical (unpaired) electrons. The van der Waals surface area contributed by atoms with Crippen LogP contribution in [-0.4, -0.2) is 56.0 Å². The average Bonchev–Trinajstić information content (AvgIpc) is 2.99. The van der Waals surface area contributed by atoms with Gasteiger partial charge in [0.15, 0.2) is 15.8 Å². The van der Waals surface area contributed by atoms with E-state index in [0.29, 0.717) is 32.6 Å². The summed E-state index contributed by atoms with van der Waals surface area (Å²) in [6, 6.07) is 3.77. The van der Waals surface area contributed by atoms with Gasteiger partial charge in [0.2, 0.25) is 0 Å². The second-order valence-electron chi connectivity index (χ2n) is 6.20. The van der Waals surface area contributed by atoms with E-state index in [0.717, 1.165) is 11.7 Å². The molecule has 1 aromatic heterocycles. The number of guanidine groups is 1. The standard InChI is InChI=1S/C16H25N3O3S.HI/c1-4-8-17-15(18-9-7-14-6-5-11-22-14)19-10-12-23(20,21)16(2,3)13-19;/h4-6,11H,1,7-10,12-13H2,2-3H3,(H,17,18);1H. The van der Waals surface area contributed by atoms with Crippen LogP contribution in [0.25, 0.3) is 0 Å². The maximum atomic E-state index is 12.1. The number of aliphatic imine (C=N–C) groups is 1. The van der Waals surface area contributed by atoms with E-state index in [1.807, 2.05) is 17.0 Å². The van der Waals surface area contributed by atoms with E-state index in [9.17, 15) is 8.42 Å². The SMILES string of the molecule is C=CCNC(=NCCc1ccco1)N1CCS(=O)(=O)C(C)(C)C1.I. The van der Waals surface area contributed by atoms with Crippen molar-refractivity contribution in [1.82, 2.24) is 10.2 Å². The van der Waals surface area contributed by atoms with E-state index in [2.05, 4.69) is 16.9 Å². The van der Waals surface area contributed by atoms with Gasteiger partial charge in [0, 0.05) is 32.6 Å². The van der Waals surface area contributed by atoms with Crippen LogP contribution in [-0.2, 0) is 16.3 Å². The minimum Gasteiger partial charge on any atom is -0.469 e. The average molecular weight is 467 g/mol. The number of furan rings is 1. The molecule has 0 spiro atoms. The van der Waals surface area contributed by atoms with Crippen molar-refractivity contribution in [2.24, 2.45) is 4.99 Å². The molecule has 0 amide bonds. The first-order valence-corrected chi connectivity index (χ1v) is 9.40. The Hall–Kier alpha value is -1.03. The highest BCUT2D eigenvalue weighted by molar-refractivity contribution is 14.0. The molecule has 0 aromatic carbocycles. The first kappa shape index (κ1) is 21.0. The minimum atomic E-state index is -3.06. The van der Waals surface area contributed by atoms with Gasteiger partial charge in [-0.25, -0.2) is 8.42 Å². The van der Waals surface area contributed by atoms with Crippen LogP contribution >= 0.6 is 24.0 Å². The van der Waals surface area contributed by atoms with Crippen LogP contribution in [0.3, 0.4) is 0 Å². The predicted octanol–water partition coefficient (Wildman–Crippen LogP) is 2.08. The fraction of sp³-hybridized carbons (Fsp3) is 0.562. The lowest BCUT2D eigenvalue weighted by Gasteiger charge is -2.39. The van der Waals surface area contributed by atoms with Gasteiger partial charge in [-0.2, -0.15) is 0 Å². The smallest absolute Gasteiger partial charge is 0.194 e. The highest BCUT2D eigenvalue weighted by atomic mass is 127. The Kier molecular flexibility index (Phi) is 7.78. The summed E-state index contributed by atoms with van der Waals surface area (Å²) in [7, 11) is -3.06. The van der Waals surface area contributed by atoms with Crippen molar-refractivity contribution in [2.75, 3.05) is 31.9 Å². The topological polar surface area (TPSA) is 74.9 Å². The van der Waals surface area contributed by atoms with Crippen molar-refractivity contribution in [3.8, 4) is 0 Å². The lowest BCUT2D eigenvalue weighted by atomic mass is 10.2. The fourth-order valence-electron chi connectivity index (χ4n) is 2.48. The van der Waals surface area contributed by atoms with Crippen LogP contribution in [0.15, 0.2) is 40.5 Å². The van der Waals surface area contributed by atoms with Crippen LogP contribution in [0.4, 0.5) is 0 Å². The monoisotopic (exact) mass is 467 g/mol. The minimum absolute atomic E-state index is 0. The lowest BCUT2D eigenvalue weighted by Crippen LogP contribution is -2.57. The van der Waals surface area contributed by atoms with Crippen molar-refractivity contribution in [2.45, 2.75) is 25.0 Å². The molecule has 0 bridgehead atoms. The molecule has 2 rings (SSSR count). The van der Waals surface area contributed by atoms with E-state index >= 15 is 0 Å². The third-order valence-electron chi connectivity index (χ3n) is 3.95. The van der Waals surface area contributed by atoms with Crippen LogP contribution < -0.4 is 5.32 Å². The maximum absolute atomic E-state index is 12.1. The first-order chi connectivity index (χ1) is 10.9. The summed E-state index contributed by atoms with van der Waals surface area (Å²) in [5.74, 6) is 1.75. The molecule has 1 fully saturated rings. The zero-order chi connectivity index (χ0) is 16.9. The number of rotatable bonds is 5. The molecule has 0 aliphatic carbocycles. The second-order valence-corrected chi connectivity index (χ2v) is 8.95. The largest absolute Gasteiger partial charge is 0.469 e. The summed E-state index contributed by atoms with van der Waals surface area (Å²) < 4.78 is 28.8. The lowest BCUT2D eigenvalue weighted by molar-refractivity contribution is 0.354. The summed E-state index contributed by atoms with van der Waals surface area (Å²) in [5, 5.41) is 3.22. The molecule has 1 aliphatic heterocycles. The molecule has 2 heterocycles. The quantitative estimate of drug-likeness (QED) is 0.311. The van der Waals surface area contributed by atoms with Crippen molar-refractivity contribution < 1.29 is 12.8 Å². The summed E-state index contributed by atoms with van der Waals surface area (Å²) in [4.78, 5) is 6.61. The van der Waals surface area contributed by atoms with Crippen LogP contribution in [0.5, 0.6) is 0 Å². The zero-order valence-electron chi connectivity index (χ0n) is 14.2. The maximum Gasteiger partial charge on any atom is 0.194 e. The molecule has 1 saturated heterocycles. The van der Waals surface area contributed by atoms with E-state index in [1.54, 1.807) is 26.2 Å². The van der Waals surface area contributed by atoms with Gasteiger partial charge in [0.25, 0.3) is 0 Å². The number of nitrogens with zero attached hydrogens (tertiary/aromatic N) is 2. The van der Waals surface area contributed by atoms with E-state index < -0.39 is 14.6 Å². The molecule has 0 saturated carbocycles. The van der Waals surface area contributed by atoms with E-state index in [1.165, 1.54) is 0 Å². The van der Waals surface area contributed by atoms with Crippen LogP contribution in [0.2, 0.25) is 0 Å². The molecule has 8 heteroatoms. The highest BCUT2D eigenvalue weighted by Gasteiger charge is 2.40. The molecule has 136 valence electrons. The third kappa shape index (κ3) is 5.23. The molecule has 24 heavy (non-hydrogen) atoms. The van der Waals surface area contributed by atoms with Gasteiger partial charge >= 0.3 is 0 Å². The van der Waals surface area contributed by atoms with Crippen molar-refractivity contribution in [1.29, 1.82) is 0 Å². The summed E-state index contributed by atoms with van der Waals surface area (Å²) in [5.41, 5.74) is 0. The highest BCUT2D eigenvalue weighted by Crippen LogP contribution is 2.23. The molecular weight excluding hydrogens is 441 g/mol. The number of hydrogen-bond donors (Lipinski definition) is 1. The first-order valence-electron chi connectivity index (χ1n) is 7.74. The van der Waals surface area contributed by atoms with Crippen LogP contribution in [0, 0.1) is 0 Å². The molecule has 0 unspecified atom stereocenters. The van der Waals surface area contributed by atoms with Gasteiger partial charge in [0.05, 0.1) is 16.8 Å². The Morgan fingerprint density at radius 2 is 2.29 bits per heavy atom. The molecule has 6 nitrogen and oxygen atoms in total. The molecule has 1 aliphatic rings. The Bertz CT molecular complexity index is 654. The van der Waals surface area contributed by atoms with Crippen molar-refractivity contribution in [3.63, 3.8) is 0 Å². The van der Waals surface area contributed by atoms with Crippen molar-refractivity contribution in [3.05, 3.63) is 36.8 Å². The normalized spacial score (nSPS) is 19.4. The summed E-state index contributed by atoms with van der Waals surface area (Å²) >= 11 is 0. The number of sulfone groups is 1. The molecular formula is C16H26IN3O3S. The Morgan fingerprint density at radius 3 is 2.88 bits per heavy atom. The van der Waals surface area contributed by atoms with E-state index in [4.69, 9.17) is 4.42 Å². The van der Waals surface area contributed by atoms with Gasteiger partial charge in [0.1, 0.15) is 5.76 Å². The zero-order valence-corrected chi connectivity index (χ0v) is 17.3.